The van der Waals surface area contributed by atoms with Gasteiger partial charge in [-0.1, -0.05) is 18.2 Å². The van der Waals surface area contributed by atoms with Crippen molar-refractivity contribution >= 4 is 17.5 Å². The van der Waals surface area contributed by atoms with Crippen molar-refractivity contribution in [2.45, 2.75) is 19.8 Å². The van der Waals surface area contributed by atoms with E-state index in [0.717, 1.165) is 24.0 Å². The third-order valence-electron chi connectivity index (χ3n) is 5.37. The Bertz CT molecular complexity index is 1010. The molecule has 0 aliphatic rings. The van der Waals surface area contributed by atoms with E-state index in [4.69, 9.17) is 4.74 Å². The van der Waals surface area contributed by atoms with Crippen LogP contribution in [-0.2, 0) is 30.0 Å². The van der Waals surface area contributed by atoms with E-state index in [1.807, 2.05) is 20.2 Å². The second-order valence-electron chi connectivity index (χ2n) is 8.00. The first-order valence-electron chi connectivity index (χ1n) is 10.8. The van der Waals surface area contributed by atoms with Crippen LogP contribution >= 0.6 is 0 Å². The first kappa shape index (κ1) is 25.2. The Labute approximate surface area is 189 Å². The number of carbonyl (C=O) groups is 1. The molecule has 0 fully saturated rings. The van der Waals surface area contributed by atoms with Gasteiger partial charge < -0.3 is 15.0 Å². The Balaban J connectivity index is 1.96. The average molecular weight is 446 g/mol. The molecule has 0 radical (unpaired) electrons. The van der Waals surface area contributed by atoms with Gasteiger partial charge in [-0.25, -0.2) is 4.79 Å². The van der Waals surface area contributed by atoms with E-state index in [9.17, 15) is 14.4 Å². The van der Waals surface area contributed by atoms with E-state index in [-0.39, 0.29) is 17.2 Å². The SMILES string of the molecule is CC(=O)OCCN(CCCc1ccccc1N(C)C)CCNc1cc(=O)n(C)c(=O)n1C. The third kappa shape index (κ3) is 7.26. The second-order valence-corrected chi connectivity index (χ2v) is 8.00. The number of para-hydroxylation sites is 1. The van der Waals surface area contributed by atoms with Crippen LogP contribution in [-0.4, -0.2) is 66.9 Å². The van der Waals surface area contributed by atoms with Crippen LogP contribution in [0.1, 0.15) is 18.9 Å². The molecule has 0 aliphatic carbocycles. The van der Waals surface area contributed by atoms with Gasteiger partial charge in [-0.2, -0.15) is 0 Å². The Kier molecular flexibility index (Phi) is 9.52. The molecule has 0 atom stereocenters. The molecule has 1 aromatic carbocycles. The van der Waals surface area contributed by atoms with Gasteiger partial charge in [0.2, 0.25) is 0 Å². The van der Waals surface area contributed by atoms with Crippen molar-refractivity contribution in [2.24, 2.45) is 14.1 Å². The maximum Gasteiger partial charge on any atom is 0.332 e. The molecule has 1 heterocycles. The van der Waals surface area contributed by atoms with Crippen LogP contribution in [0.3, 0.4) is 0 Å². The fourth-order valence-corrected chi connectivity index (χ4v) is 3.55. The molecule has 176 valence electrons. The van der Waals surface area contributed by atoms with E-state index < -0.39 is 0 Å². The van der Waals surface area contributed by atoms with E-state index in [2.05, 4.69) is 33.3 Å². The van der Waals surface area contributed by atoms with Crippen LogP contribution in [0.4, 0.5) is 11.5 Å². The normalized spacial score (nSPS) is 10.9. The first-order chi connectivity index (χ1) is 15.2. The molecule has 1 aromatic heterocycles. The molecule has 32 heavy (non-hydrogen) atoms. The van der Waals surface area contributed by atoms with Crippen LogP contribution in [0.25, 0.3) is 0 Å². The Morgan fingerprint density at radius 1 is 1.06 bits per heavy atom. The molecule has 0 saturated carbocycles. The minimum absolute atomic E-state index is 0.293. The van der Waals surface area contributed by atoms with Crippen LogP contribution in [0.15, 0.2) is 39.9 Å². The number of rotatable bonds is 12. The zero-order chi connectivity index (χ0) is 23.7. The fraction of sp³-hybridized carbons (Fsp3) is 0.522. The summed E-state index contributed by atoms with van der Waals surface area (Å²) in [6.07, 6.45) is 1.89. The Hall–Kier alpha value is -3.07. The van der Waals surface area contributed by atoms with Crippen molar-refractivity contribution in [2.75, 3.05) is 57.1 Å². The molecule has 9 heteroatoms. The highest BCUT2D eigenvalue weighted by atomic mass is 16.5. The molecular weight excluding hydrogens is 410 g/mol. The van der Waals surface area contributed by atoms with Gasteiger partial charge in [-0.05, 0) is 31.0 Å². The van der Waals surface area contributed by atoms with Crippen molar-refractivity contribution in [3.63, 3.8) is 0 Å². The van der Waals surface area contributed by atoms with Crippen molar-refractivity contribution in [3.05, 3.63) is 56.7 Å². The monoisotopic (exact) mass is 445 g/mol. The molecule has 9 nitrogen and oxygen atoms in total. The quantitative estimate of drug-likeness (QED) is 0.489. The molecule has 0 saturated heterocycles. The van der Waals surface area contributed by atoms with E-state index >= 15 is 0 Å². The van der Waals surface area contributed by atoms with E-state index in [1.54, 1.807) is 7.05 Å². The number of carbonyl (C=O) groups excluding carboxylic acids is 1. The van der Waals surface area contributed by atoms with E-state index in [1.165, 1.54) is 35.9 Å². The lowest BCUT2D eigenvalue weighted by Crippen LogP contribution is -2.38. The van der Waals surface area contributed by atoms with Crippen molar-refractivity contribution in [3.8, 4) is 0 Å². The van der Waals surface area contributed by atoms with Crippen LogP contribution in [0.2, 0.25) is 0 Å². The third-order valence-corrected chi connectivity index (χ3v) is 5.37. The molecule has 2 aromatic rings. The number of benzene rings is 1. The molecule has 1 N–H and O–H groups in total. The zero-order valence-corrected chi connectivity index (χ0v) is 19.8. The van der Waals surface area contributed by atoms with Gasteiger partial charge in [0.25, 0.3) is 5.56 Å². The highest BCUT2D eigenvalue weighted by molar-refractivity contribution is 5.65. The summed E-state index contributed by atoms with van der Waals surface area (Å²) in [5.41, 5.74) is 1.80. The summed E-state index contributed by atoms with van der Waals surface area (Å²) in [7, 11) is 7.17. The van der Waals surface area contributed by atoms with Crippen molar-refractivity contribution < 1.29 is 9.53 Å². The number of aryl methyl sites for hydroxylation is 1. The van der Waals surface area contributed by atoms with Crippen LogP contribution in [0.5, 0.6) is 0 Å². The molecule has 0 unspecified atom stereocenters. The molecular formula is C23H35N5O4. The summed E-state index contributed by atoms with van der Waals surface area (Å²) in [5, 5.41) is 3.18. The molecule has 0 amide bonds. The standard InChI is InChI=1S/C23H35N5O4/c1-18(29)32-16-15-28(13-8-10-19-9-6-7-11-20(19)25(2)3)14-12-24-21-17-22(30)27(5)23(31)26(21)4/h6-7,9,11,17,24H,8,10,12-16H2,1-5H3. The first-order valence-corrected chi connectivity index (χ1v) is 10.8. The number of aromatic nitrogens is 2. The summed E-state index contributed by atoms with van der Waals surface area (Å²) in [6.45, 7) is 4.41. The summed E-state index contributed by atoms with van der Waals surface area (Å²) < 4.78 is 7.61. The highest BCUT2D eigenvalue weighted by Crippen LogP contribution is 2.19. The number of hydrogen-bond donors (Lipinski definition) is 1. The van der Waals surface area contributed by atoms with Gasteiger partial charge in [-0.15, -0.1) is 0 Å². The summed E-state index contributed by atoms with van der Waals surface area (Å²) in [6, 6.07) is 9.78. The largest absolute Gasteiger partial charge is 0.465 e. The summed E-state index contributed by atoms with van der Waals surface area (Å²) in [5.74, 6) is 0.191. The predicted molar refractivity (Wildman–Crippen MR) is 128 cm³/mol. The minimum Gasteiger partial charge on any atom is -0.465 e. The molecule has 0 spiro atoms. The second kappa shape index (κ2) is 12.1. The van der Waals surface area contributed by atoms with Crippen LogP contribution < -0.4 is 21.5 Å². The smallest absolute Gasteiger partial charge is 0.332 e. The van der Waals surface area contributed by atoms with Gasteiger partial charge in [0.05, 0.1) is 0 Å². The number of ether oxygens (including phenoxy) is 1. The number of nitrogens with one attached hydrogen (secondary N) is 1. The van der Waals surface area contributed by atoms with Gasteiger partial charge in [0.15, 0.2) is 0 Å². The number of nitrogens with zero attached hydrogens (tertiary/aromatic N) is 4. The average Bonchev–Trinajstić information content (AvgIpc) is 2.75. The fourth-order valence-electron chi connectivity index (χ4n) is 3.55. The summed E-state index contributed by atoms with van der Waals surface area (Å²) in [4.78, 5) is 39.5. The molecule has 0 aliphatic heterocycles. The number of anilines is 2. The van der Waals surface area contributed by atoms with E-state index in [0.29, 0.717) is 32.1 Å². The lowest BCUT2D eigenvalue weighted by atomic mass is 10.1. The lowest BCUT2D eigenvalue weighted by Gasteiger charge is -2.23. The van der Waals surface area contributed by atoms with Gasteiger partial charge >= 0.3 is 11.7 Å². The Morgan fingerprint density at radius 2 is 1.78 bits per heavy atom. The maximum absolute atomic E-state index is 12.1. The number of hydrogen-bond acceptors (Lipinski definition) is 7. The topological polar surface area (TPSA) is 88.8 Å². The summed E-state index contributed by atoms with van der Waals surface area (Å²) >= 11 is 0. The van der Waals surface area contributed by atoms with Crippen LogP contribution in [0, 0.1) is 0 Å². The van der Waals surface area contributed by atoms with Crippen molar-refractivity contribution in [1.82, 2.24) is 14.0 Å². The van der Waals surface area contributed by atoms with Gasteiger partial charge in [0, 0.05) is 66.5 Å². The highest BCUT2D eigenvalue weighted by Gasteiger charge is 2.10. The Morgan fingerprint density at radius 3 is 2.47 bits per heavy atom. The zero-order valence-electron chi connectivity index (χ0n) is 19.8. The maximum atomic E-state index is 12.1. The van der Waals surface area contributed by atoms with Crippen molar-refractivity contribution in [1.29, 1.82) is 0 Å². The minimum atomic E-state index is -0.369. The van der Waals surface area contributed by atoms with Gasteiger partial charge in [0.1, 0.15) is 12.4 Å². The molecule has 2 rings (SSSR count). The lowest BCUT2D eigenvalue weighted by molar-refractivity contribution is -0.141. The predicted octanol–water partition coefficient (Wildman–Crippen LogP) is 1.06. The molecule has 0 bridgehead atoms. The van der Waals surface area contributed by atoms with Gasteiger partial charge in [-0.3, -0.25) is 23.6 Å². The number of esters is 1.